The zero-order chi connectivity index (χ0) is 13.9. The molecule has 2 unspecified atom stereocenters. The van der Waals surface area contributed by atoms with Crippen molar-refractivity contribution in [1.82, 2.24) is 5.32 Å². The topological polar surface area (TPSA) is 12.0 Å². The van der Waals surface area contributed by atoms with Gasteiger partial charge in [0.1, 0.15) is 5.82 Å². The Kier molecular flexibility index (Phi) is 4.73. The molecule has 0 aliphatic rings. The maximum absolute atomic E-state index is 13.4. The third-order valence-electron chi connectivity index (χ3n) is 3.07. The molecule has 0 aromatic heterocycles. The van der Waals surface area contributed by atoms with Gasteiger partial charge in [-0.05, 0) is 44.0 Å². The lowest BCUT2D eigenvalue weighted by molar-refractivity contribution is -0.140. The van der Waals surface area contributed by atoms with Gasteiger partial charge in [-0.25, -0.2) is 4.39 Å². The van der Waals surface area contributed by atoms with Crippen LogP contribution in [0, 0.1) is 5.82 Å². The van der Waals surface area contributed by atoms with Gasteiger partial charge >= 0.3 is 6.18 Å². The number of hydrogen-bond donors (Lipinski definition) is 1. The van der Waals surface area contributed by atoms with Gasteiger partial charge in [-0.1, -0.05) is 13.0 Å². The van der Waals surface area contributed by atoms with Gasteiger partial charge in [0.2, 0.25) is 0 Å². The van der Waals surface area contributed by atoms with Crippen LogP contribution in [0.25, 0.3) is 0 Å². The number of alkyl halides is 3. The van der Waals surface area contributed by atoms with Crippen molar-refractivity contribution in [3.63, 3.8) is 0 Å². The van der Waals surface area contributed by atoms with E-state index in [2.05, 4.69) is 5.32 Å². The maximum Gasteiger partial charge on any atom is 0.419 e. The van der Waals surface area contributed by atoms with Crippen molar-refractivity contribution in [2.75, 3.05) is 7.05 Å². The molecule has 0 bridgehead atoms. The Balaban J connectivity index is 2.91. The number of benzene rings is 1. The van der Waals surface area contributed by atoms with Crippen molar-refractivity contribution >= 4 is 0 Å². The third-order valence-corrected chi connectivity index (χ3v) is 3.07. The number of rotatable bonds is 4. The van der Waals surface area contributed by atoms with Crippen LogP contribution in [0.3, 0.4) is 0 Å². The summed E-state index contributed by atoms with van der Waals surface area (Å²) in [5, 5.41) is 3.04. The Morgan fingerprint density at radius 3 is 2.28 bits per heavy atom. The molecule has 5 heteroatoms. The summed E-state index contributed by atoms with van der Waals surface area (Å²) in [7, 11) is 1.81. The van der Waals surface area contributed by atoms with E-state index in [-0.39, 0.29) is 12.0 Å². The Morgan fingerprint density at radius 2 is 1.83 bits per heavy atom. The Labute approximate surface area is 104 Å². The van der Waals surface area contributed by atoms with Crippen LogP contribution in [0.5, 0.6) is 0 Å². The second-order valence-corrected chi connectivity index (χ2v) is 4.56. The normalized spacial score (nSPS) is 15.5. The molecule has 1 N–H and O–H groups in total. The minimum atomic E-state index is -4.63. The van der Waals surface area contributed by atoms with E-state index in [1.807, 2.05) is 20.9 Å². The fourth-order valence-electron chi connectivity index (χ4n) is 1.85. The smallest absolute Gasteiger partial charge is 0.317 e. The van der Waals surface area contributed by atoms with E-state index >= 15 is 0 Å². The second kappa shape index (κ2) is 5.69. The molecule has 0 aliphatic carbocycles. The van der Waals surface area contributed by atoms with E-state index in [4.69, 9.17) is 0 Å². The molecule has 0 fully saturated rings. The van der Waals surface area contributed by atoms with Crippen molar-refractivity contribution in [2.45, 2.75) is 38.4 Å². The first-order valence-corrected chi connectivity index (χ1v) is 5.79. The van der Waals surface area contributed by atoms with Gasteiger partial charge in [0.05, 0.1) is 5.56 Å². The quantitative estimate of drug-likeness (QED) is 0.811. The van der Waals surface area contributed by atoms with Gasteiger partial charge in [-0.3, -0.25) is 0 Å². The molecule has 0 amide bonds. The molecule has 1 rings (SSSR count). The summed E-state index contributed by atoms with van der Waals surface area (Å²) in [6, 6.07) is 3.37. The minimum absolute atomic E-state index is 0.00392. The molecule has 102 valence electrons. The highest BCUT2D eigenvalue weighted by atomic mass is 19.4. The van der Waals surface area contributed by atoms with E-state index in [0.717, 1.165) is 18.6 Å². The molecule has 0 heterocycles. The summed E-state index contributed by atoms with van der Waals surface area (Å²) in [5.74, 6) is -1.20. The van der Waals surface area contributed by atoms with Gasteiger partial charge < -0.3 is 5.32 Å². The molecule has 0 aliphatic heterocycles. The van der Waals surface area contributed by atoms with Crippen molar-refractivity contribution in [3.8, 4) is 0 Å². The van der Waals surface area contributed by atoms with E-state index in [9.17, 15) is 17.6 Å². The fourth-order valence-corrected chi connectivity index (χ4v) is 1.85. The molecule has 0 radical (unpaired) electrons. The third kappa shape index (κ3) is 3.70. The SMILES string of the molecule is CNC(C)CC(C)c1ccc(C(F)(F)F)c(F)c1. The predicted octanol–water partition coefficient (Wildman–Crippen LogP) is 3.95. The highest BCUT2D eigenvalue weighted by molar-refractivity contribution is 5.28. The van der Waals surface area contributed by atoms with Crippen molar-refractivity contribution in [1.29, 1.82) is 0 Å². The second-order valence-electron chi connectivity index (χ2n) is 4.56. The Morgan fingerprint density at radius 1 is 1.22 bits per heavy atom. The lowest BCUT2D eigenvalue weighted by Gasteiger charge is -2.18. The van der Waals surface area contributed by atoms with E-state index in [0.29, 0.717) is 5.56 Å². The Hall–Kier alpha value is -1.10. The van der Waals surface area contributed by atoms with Crippen LogP contribution >= 0.6 is 0 Å². The Bertz CT molecular complexity index is 400. The molecule has 0 spiro atoms. The molecule has 1 aromatic rings. The number of halogens is 4. The van der Waals surface area contributed by atoms with E-state index in [1.54, 1.807) is 0 Å². The summed E-state index contributed by atoms with van der Waals surface area (Å²) in [6.45, 7) is 3.84. The van der Waals surface area contributed by atoms with Crippen LogP contribution in [0.15, 0.2) is 18.2 Å². The van der Waals surface area contributed by atoms with Crippen LogP contribution < -0.4 is 5.32 Å². The standard InChI is InChI=1S/C13H17F4N/c1-8(6-9(2)18-3)10-4-5-11(12(14)7-10)13(15,16)17/h4-5,7-9,18H,6H2,1-3H3. The van der Waals surface area contributed by atoms with Gasteiger partial charge in [-0.2, -0.15) is 13.2 Å². The molecular weight excluding hydrogens is 246 g/mol. The molecule has 18 heavy (non-hydrogen) atoms. The maximum atomic E-state index is 13.4. The van der Waals surface area contributed by atoms with Crippen LogP contribution in [0.1, 0.15) is 37.3 Å². The molecule has 1 nitrogen and oxygen atoms in total. The van der Waals surface area contributed by atoms with Crippen molar-refractivity contribution in [3.05, 3.63) is 35.1 Å². The zero-order valence-corrected chi connectivity index (χ0v) is 10.6. The van der Waals surface area contributed by atoms with Crippen molar-refractivity contribution < 1.29 is 17.6 Å². The van der Waals surface area contributed by atoms with Gasteiger partial charge in [0.25, 0.3) is 0 Å². The van der Waals surface area contributed by atoms with E-state index in [1.165, 1.54) is 6.07 Å². The summed E-state index contributed by atoms with van der Waals surface area (Å²) in [4.78, 5) is 0. The van der Waals surface area contributed by atoms with Crippen LogP contribution in [-0.2, 0) is 6.18 Å². The van der Waals surface area contributed by atoms with Crippen LogP contribution in [-0.4, -0.2) is 13.1 Å². The molecule has 0 saturated carbocycles. The molecule has 1 aromatic carbocycles. The van der Waals surface area contributed by atoms with Gasteiger partial charge in [-0.15, -0.1) is 0 Å². The fraction of sp³-hybridized carbons (Fsp3) is 0.538. The van der Waals surface area contributed by atoms with Gasteiger partial charge in [0.15, 0.2) is 0 Å². The summed E-state index contributed by atoms with van der Waals surface area (Å²) in [5.41, 5.74) is -0.622. The highest BCUT2D eigenvalue weighted by Crippen LogP contribution is 2.33. The largest absolute Gasteiger partial charge is 0.419 e. The molecular formula is C13H17F4N. The van der Waals surface area contributed by atoms with Crippen molar-refractivity contribution in [2.24, 2.45) is 0 Å². The lowest BCUT2D eigenvalue weighted by atomic mass is 9.93. The summed E-state index contributed by atoms with van der Waals surface area (Å²) < 4.78 is 50.6. The predicted molar refractivity (Wildman–Crippen MR) is 63.0 cm³/mol. The summed E-state index contributed by atoms with van der Waals surface area (Å²) >= 11 is 0. The van der Waals surface area contributed by atoms with E-state index < -0.39 is 17.6 Å². The molecule has 0 saturated heterocycles. The zero-order valence-electron chi connectivity index (χ0n) is 10.6. The summed E-state index contributed by atoms with van der Waals surface area (Å²) in [6.07, 6.45) is -3.90. The highest BCUT2D eigenvalue weighted by Gasteiger charge is 2.34. The minimum Gasteiger partial charge on any atom is -0.317 e. The molecule has 2 atom stereocenters. The lowest BCUT2D eigenvalue weighted by Crippen LogP contribution is -2.23. The first-order valence-electron chi connectivity index (χ1n) is 5.79. The van der Waals surface area contributed by atoms with Gasteiger partial charge in [0, 0.05) is 6.04 Å². The number of nitrogens with one attached hydrogen (secondary N) is 1. The first-order chi connectivity index (χ1) is 8.25. The van der Waals surface area contributed by atoms with Crippen LogP contribution in [0.4, 0.5) is 17.6 Å². The monoisotopic (exact) mass is 263 g/mol. The number of hydrogen-bond acceptors (Lipinski definition) is 1. The average molecular weight is 263 g/mol. The first kappa shape index (κ1) is 15.0. The van der Waals surface area contributed by atoms with Crippen LogP contribution in [0.2, 0.25) is 0 Å². The average Bonchev–Trinajstić information content (AvgIpc) is 2.26.